The summed E-state index contributed by atoms with van der Waals surface area (Å²) in [6.07, 6.45) is 1.45. The Bertz CT molecular complexity index is 462. The molecule has 0 bridgehead atoms. The molecule has 1 atom stereocenters. The van der Waals surface area contributed by atoms with Crippen LogP contribution in [-0.4, -0.2) is 55.3 Å². The third-order valence-corrected chi connectivity index (χ3v) is 4.73. The van der Waals surface area contributed by atoms with Crippen molar-refractivity contribution in [2.45, 2.75) is 38.7 Å². The molecule has 1 aliphatic heterocycles. The fraction of sp³-hybridized carbons (Fsp3) is 0.733. The first kappa shape index (κ1) is 16.4. The molecule has 6 heteroatoms. The lowest BCUT2D eigenvalue weighted by molar-refractivity contribution is -0.130. The van der Waals surface area contributed by atoms with Gasteiger partial charge in [-0.25, -0.2) is 4.98 Å². The van der Waals surface area contributed by atoms with E-state index in [0.29, 0.717) is 32.1 Å². The molecule has 2 heterocycles. The second kappa shape index (κ2) is 7.87. The number of thiazole rings is 1. The van der Waals surface area contributed by atoms with E-state index in [1.54, 1.807) is 18.4 Å². The number of hydrogen-bond donors (Lipinski definition) is 0. The van der Waals surface area contributed by atoms with Crippen LogP contribution in [0.1, 0.15) is 36.9 Å². The zero-order chi connectivity index (χ0) is 15.2. The Morgan fingerprint density at radius 2 is 2.33 bits per heavy atom. The maximum Gasteiger partial charge on any atom is 0.228 e. The Hall–Kier alpha value is -0.980. The molecule has 5 nitrogen and oxygen atoms in total. The molecule has 1 aromatic rings. The van der Waals surface area contributed by atoms with Gasteiger partial charge < -0.3 is 14.4 Å². The first-order chi connectivity index (χ1) is 10.1. The lowest BCUT2D eigenvalue weighted by Crippen LogP contribution is -2.31. The molecule has 2 rings (SSSR count). The minimum absolute atomic E-state index is 0.144. The van der Waals surface area contributed by atoms with E-state index in [9.17, 15) is 4.79 Å². The number of amides is 1. The second-order valence-corrected chi connectivity index (χ2v) is 6.51. The van der Waals surface area contributed by atoms with Crippen LogP contribution in [0.4, 0.5) is 0 Å². The molecular formula is C15H24N2O3S. The van der Waals surface area contributed by atoms with Crippen LogP contribution in [0.5, 0.6) is 0 Å². The van der Waals surface area contributed by atoms with Gasteiger partial charge in [0, 0.05) is 31.5 Å². The van der Waals surface area contributed by atoms with Gasteiger partial charge in [-0.2, -0.15) is 0 Å². The van der Waals surface area contributed by atoms with E-state index in [2.05, 4.69) is 18.8 Å². The maximum atomic E-state index is 12.3. The van der Waals surface area contributed by atoms with Crippen molar-refractivity contribution in [2.75, 3.05) is 33.4 Å². The molecule has 1 amide bonds. The summed E-state index contributed by atoms with van der Waals surface area (Å²) in [7, 11) is 1.66. The number of carbonyl (C=O) groups is 1. The van der Waals surface area contributed by atoms with Gasteiger partial charge in [-0.15, -0.1) is 11.3 Å². The van der Waals surface area contributed by atoms with E-state index < -0.39 is 0 Å². The summed E-state index contributed by atoms with van der Waals surface area (Å²) in [5.41, 5.74) is 0.887. The average molecular weight is 312 g/mol. The highest BCUT2D eigenvalue weighted by Gasteiger charge is 2.27. The van der Waals surface area contributed by atoms with Crippen molar-refractivity contribution in [3.8, 4) is 0 Å². The van der Waals surface area contributed by atoms with E-state index in [0.717, 1.165) is 23.7 Å². The van der Waals surface area contributed by atoms with Crippen LogP contribution in [0.25, 0.3) is 0 Å². The molecule has 0 aromatic carbocycles. The monoisotopic (exact) mass is 312 g/mol. The van der Waals surface area contributed by atoms with Crippen LogP contribution in [0.2, 0.25) is 0 Å². The number of rotatable bonds is 7. The summed E-state index contributed by atoms with van der Waals surface area (Å²) in [6.45, 7) is 6.88. The number of hydrogen-bond acceptors (Lipinski definition) is 5. The molecule has 0 saturated carbocycles. The van der Waals surface area contributed by atoms with Crippen molar-refractivity contribution in [3.63, 3.8) is 0 Å². The highest BCUT2D eigenvalue weighted by atomic mass is 32.1. The molecule has 1 aromatic heterocycles. The van der Waals surface area contributed by atoms with Crippen molar-refractivity contribution in [1.29, 1.82) is 0 Å². The lowest BCUT2D eigenvalue weighted by Gasteiger charge is -2.16. The van der Waals surface area contributed by atoms with Gasteiger partial charge in [0.25, 0.3) is 0 Å². The van der Waals surface area contributed by atoms with E-state index in [1.807, 2.05) is 10.3 Å². The molecule has 21 heavy (non-hydrogen) atoms. The number of carbonyl (C=O) groups excluding carboxylic acids is 1. The van der Waals surface area contributed by atoms with Crippen LogP contribution >= 0.6 is 11.3 Å². The number of methoxy groups -OCH3 is 1. The van der Waals surface area contributed by atoms with Crippen LogP contribution in [0.15, 0.2) is 5.38 Å². The van der Waals surface area contributed by atoms with Crippen molar-refractivity contribution >= 4 is 17.2 Å². The highest BCUT2D eigenvalue weighted by molar-refractivity contribution is 7.09. The quantitative estimate of drug-likeness (QED) is 0.723. The Balaban J connectivity index is 1.78. The Morgan fingerprint density at radius 3 is 3.00 bits per heavy atom. The largest absolute Gasteiger partial charge is 0.382 e. The number of likely N-dealkylation sites (tertiary alicyclic amines) is 1. The van der Waals surface area contributed by atoms with Gasteiger partial charge in [0.05, 0.1) is 36.4 Å². The molecule has 0 spiro atoms. The fourth-order valence-corrected chi connectivity index (χ4v) is 3.16. The molecule has 1 aliphatic rings. The number of nitrogens with zero attached hydrogens (tertiary/aromatic N) is 2. The minimum atomic E-state index is 0.144. The molecule has 0 N–H and O–H groups in total. The normalized spacial score (nSPS) is 18.7. The molecular weight excluding hydrogens is 288 g/mol. The second-order valence-electron chi connectivity index (χ2n) is 5.62. The van der Waals surface area contributed by atoms with Crippen molar-refractivity contribution in [1.82, 2.24) is 9.88 Å². The third-order valence-electron chi connectivity index (χ3n) is 3.53. The van der Waals surface area contributed by atoms with Crippen LogP contribution in [0.3, 0.4) is 0 Å². The van der Waals surface area contributed by atoms with Gasteiger partial charge in [-0.3, -0.25) is 4.79 Å². The van der Waals surface area contributed by atoms with Crippen molar-refractivity contribution in [2.24, 2.45) is 0 Å². The first-order valence-electron chi connectivity index (χ1n) is 7.42. The predicted octanol–water partition coefficient (Wildman–Crippen LogP) is 2.07. The van der Waals surface area contributed by atoms with Gasteiger partial charge >= 0.3 is 0 Å². The van der Waals surface area contributed by atoms with Crippen LogP contribution < -0.4 is 0 Å². The van der Waals surface area contributed by atoms with Gasteiger partial charge in [-0.05, 0) is 6.42 Å². The highest BCUT2D eigenvalue weighted by Crippen LogP contribution is 2.20. The summed E-state index contributed by atoms with van der Waals surface area (Å²) >= 11 is 1.64. The summed E-state index contributed by atoms with van der Waals surface area (Å²) in [5.74, 6) is 0.567. The summed E-state index contributed by atoms with van der Waals surface area (Å²) in [6, 6.07) is 0. The summed E-state index contributed by atoms with van der Waals surface area (Å²) in [4.78, 5) is 18.7. The van der Waals surface area contributed by atoms with Crippen LogP contribution in [0, 0.1) is 0 Å². The first-order valence-corrected chi connectivity index (χ1v) is 8.30. The van der Waals surface area contributed by atoms with E-state index >= 15 is 0 Å². The molecule has 0 radical (unpaired) electrons. The van der Waals surface area contributed by atoms with Crippen LogP contribution in [-0.2, 0) is 20.7 Å². The zero-order valence-electron chi connectivity index (χ0n) is 13.0. The van der Waals surface area contributed by atoms with Gasteiger partial charge in [0.15, 0.2) is 0 Å². The minimum Gasteiger partial charge on any atom is -0.382 e. The Kier molecular flexibility index (Phi) is 6.14. The smallest absolute Gasteiger partial charge is 0.228 e. The topological polar surface area (TPSA) is 51.7 Å². The van der Waals surface area contributed by atoms with Gasteiger partial charge in [-0.1, -0.05) is 13.8 Å². The Labute approximate surface area is 130 Å². The summed E-state index contributed by atoms with van der Waals surface area (Å²) < 4.78 is 10.6. The number of ether oxygens (including phenoxy) is 2. The SMILES string of the molecule is COCCO[C@H]1CCN(C(=O)Cc2csc(C(C)C)n2)C1. The molecule has 1 saturated heterocycles. The zero-order valence-corrected chi connectivity index (χ0v) is 13.8. The standard InChI is InChI=1S/C15H24N2O3S/c1-11(2)15-16-12(10-21-15)8-14(18)17-5-4-13(9-17)20-7-6-19-3/h10-11,13H,4-9H2,1-3H3/t13-/m0/s1. The molecule has 118 valence electrons. The lowest BCUT2D eigenvalue weighted by atomic mass is 10.2. The third kappa shape index (κ3) is 4.76. The van der Waals surface area contributed by atoms with Gasteiger partial charge in [0.2, 0.25) is 5.91 Å². The molecule has 0 unspecified atom stereocenters. The maximum absolute atomic E-state index is 12.3. The van der Waals surface area contributed by atoms with Crippen molar-refractivity contribution < 1.29 is 14.3 Å². The molecule has 1 fully saturated rings. The van der Waals surface area contributed by atoms with Crippen molar-refractivity contribution in [3.05, 3.63) is 16.1 Å². The molecule has 0 aliphatic carbocycles. The number of aromatic nitrogens is 1. The Morgan fingerprint density at radius 1 is 1.52 bits per heavy atom. The fourth-order valence-electron chi connectivity index (χ4n) is 2.32. The predicted molar refractivity (Wildman–Crippen MR) is 82.7 cm³/mol. The van der Waals surface area contributed by atoms with E-state index in [1.165, 1.54) is 0 Å². The average Bonchev–Trinajstić information content (AvgIpc) is 3.08. The van der Waals surface area contributed by atoms with Gasteiger partial charge in [0.1, 0.15) is 0 Å². The summed E-state index contributed by atoms with van der Waals surface area (Å²) in [5, 5.41) is 3.09. The van der Waals surface area contributed by atoms with E-state index in [-0.39, 0.29) is 12.0 Å². The van der Waals surface area contributed by atoms with E-state index in [4.69, 9.17) is 9.47 Å².